The van der Waals surface area contributed by atoms with E-state index in [1.165, 1.54) is 6.08 Å². The summed E-state index contributed by atoms with van der Waals surface area (Å²) in [5.74, 6) is -2.47. The number of aliphatic hydroxyl groups excluding tert-OH is 1. The number of halogens is 1. The Labute approximate surface area is 93.8 Å². The number of aliphatic hydroxyl groups is 1. The first-order valence-corrected chi connectivity index (χ1v) is 4.44. The predicted molar refractivity (Wildman–Crippen MR) is 53.7 cm³/mol. The van der Waals surface area contributed by atoms with Gasteiger partial charge in [-0.05, 0) is 0 Å². The molecule has 0 fully saturated rings. The van der Waals surface area contributed by atoms with Crippen LogP contribution in [0.25, 0.3) is 0 Å². The normalized spacial score (nSPS) is 11.9. The Kier molecular flexibility index (Phi) is 3.94. The van der Waals surface area contributed by atoms with Crippen LogP contribution in [0, 0.1) is 5.82 Å². The SMILES string of the molecule is C=CCOC(=O)C(O)n1cc(F)c(=O)[nH]c1=O. The molecule has 17 heavy (non-hydrogen) atoms. The summed E-state index contributed by atoms with van der Waals surface area (Å²) in [5.41, 5.74) is -2.36. The number of nitrogens with one attached hydrogen (secondary N) is 1. The molecule has 1 atom stereocenters. The number of rotatable bonds is 4. The standard InChI is InChI=1S/C9H9FN2O5/c1-2-3-17-8(15)7(14)12-4-5(10)6(13)11-9(12)16/h2,4,7,14H,1,3H2,(H,11,13,16). The van der Waals surface area contributed by atoms with Crippen molar-refractivity contribution in [3.8, 4) is 0 Å². The Balaban J connectivity index is 3.04. The third-order valence-electron chi connectivity index (χ3n) is 1.74. The van der Waals surface area contributed by atoms with E-state index >= 15 is 0 Å². The van der Waals surface area contributed by atoms with E-state index in [2.05, 4.69) is 11.3 Å². The molecule has 0 aromatic carbocycles. The Bertz CT molecular complexity index is 547. The molecule has 0 aliphatic carbocycles. The van der Waals surface area contributed by atoms with E-state index in [0.29, 0.717) is 10.8 Å². The van der Waals surface area contributed by atoms with Gasteiger partial charge >= 0.3 is 11.7 Å². The number of nitrogens with zero attached hydrogens (tertiary/aromatic N) is 1. The first-order chi connectivity index (χ1) is 7.97. The minimum absolute atomic E-state index is 0.170. The second-order valence-corrected chi connectivity index (χ2v) is 2.94. The number of hydrogen-bond acceptors (Lipinski definition) is 5. The molecule has 0 amide bonds. The van der Waals surface area contributed by atoms with Gasteiger partial charge in [-0.1, -0.05) is 12.7 Å². The van der Waals surface area contributed by atoms with E-state index in [9.17, 15) is 23.9 Å². The highest BCUT2D eigenvalue weighted by Crippen LogP contribution is 2.01. The highest BCUT2D eigenvalue weighted by Gasteiger charge is 2.20. The highest BCUT2D eigenvalue weighted by atomic mass is 19.1. The van der Waals surface area contributed by atoms with Crippen LogP contribution in [-0.2, 0) is 9.53 Å². The van der Waals surface area contributed by atoms with Crippen molar-refractivity contribution in [2.24, 2.45) is 0 Å². The van der Waals surface area contributed by atoms with Crippen molar-refractivity contribution >= 4 is 5.97 Å². The number of carbonyl (C=O) groups is 1. The maximum absolute atomic E-state index is 12.9. The summed E-state index contributed by atoms with van der Waals surface area (Å²) in [6, 6.07) is 0. The van der Waals surface area contributed by atoms with Gasteiger partial charge in [-0.15, -0.1) is 0 Å². The van der Waals surface area contributed by atoms with Gasteiger partial charge in [0, 0.05) is 0 Å². The molecule has 1 aromatic heterocycles. The maximum Gasteiger partial charge on any atom is 0.357 e. The van der Waals surface area contributed by atoms with Crippen LogP contribution in [0.5, 0.6) is 0 Å². The Morgan fingerprint density at radius 1 is 1.71 bits per heavy atom. The van der Waals surface area contributed by atoms with Gasteiger partial charge in [-0.2, -0.15) is 4.39 Å². The number of esters is 1. The van der Waals surface area contributed by atoms with E-state index in [0.717, 1.165) is 0 Å². The molecule has 0 saturated heterocycles. The number of aromatic amines is 1. The summed E-state index contributed by atoms with van der Waals surface area (Å²) >= 11 is 0. The second-order valence-electron chi connectivity index (χ2n) is 2.94. The predicted octanol–water partition coefficient (Wildman–Crippen LogP) is -1.10. The summed E-state index contributed by atoms with van der Waals surface area (Å²) in [7, 11) is 0. The quantitative estimate of drug-likeness (QED) is 0.517. The van der Waals surface area contributed by atoms with Crippen molar-refractivity contribution in [2.75, 3.05) is 6.61 Å². The van der Waals surface area contributed by atoms with Crippen molar-refractivity contribution in [3.63, 3.8) is 0 Å². The first-order valence-electron chi connectivity index (χ1n) is 4.44. The van der Waals surface area contributed by atoms with Crippen LogP contribution in [-0.4, -0.2) is 27.2 Å². The fraction of sp³-hybridized carbons (Fsp3) is 0.222. The van der Waals surface area contributed by atoms with Crippen LogP contribution in [0.15, 0.2) is 28.4 Å². The van der Waals surface area contributed by atoms with Gasteiger partial charge in [0.15, 0.2) is 0 Å². The lowest BCUT2D eigenvalue weighted by atomic mass is 10.5. The first kappa shape index (κ1) is 12.8. The fourth-order valence-electron chi connectivity index (χ4n) is 0.972. The van der Waals surface area contributed by atoms with Crippen molar-refractivity contribution in [1.29, 1.82) is 0 Å². The lowest BCUT2D eigenvalue weighted by Crippen LogP contribution is -2.37. The third-order valence-corrected chi connectivity index (χ3v) is 1.74. The van der Waals surface area contributed by atoms with Gasteiger partial charge in [0.2, 0.25) is 12.0 Å². The van der Waals surface area contributed by atoms with Gasteiger partial charge in [-0.25, -0.2) is 9.59 Å². The largest absolute Gasteiger partial charge is 0.458 e. The van der Waals surface area contributed by atoms with E-state index in [1.807, 2.05) is 0 Å². The lowest BCUT2D eigenvalue weighted by molar-refractivity contribution is -0.157. The molecular formula is C9H9FN2O5. The zero-order valence-corrected chi connectivity index (χ0v) is 8.55. The molecule has 2 N–H and O–H groups in total. The number of aromatic nitrogens is 2. The molecule has 0 aliphatic heterocycles. The molecule has 0 aliphatic rings. The topological polar surface area (TPSA) is 101 Å². The molecule has 0 bridgehead atoms. The smallest absolute Gasteiger partial charge is 0.357 e. The van der Waals surface area contributed by atoms with Crippen LogP contribution in [0.4, 0.5) is 4.39 Å². The Morgan fingerprint density at radius 2 is 2.35 bits per heavy atom. The van der Waals surface area contributed by atoms with E-state index < -0.39 is 29.3 Å². The zero-order chi connectivity index (χ0) is 13.0. The van der Waals surface area contributed by atoms with Crippen LogP contribution >= 0.6 is 0 Å². The van der Waals surface area contributed by atoms with Crippen molar-refractivity contribution < 1.29 is 19.0 Å². The molecule has 7 nitrogen and oxygen atoms in total. The Hall–Kier alpha value is -2.22. The molecule has 0 radical (unpaired) electrons. The summed E-state index contributed by atoms with van der Waals surface area (Å²) < 4.78 is 17.6. The van der Waals surface area contributed by atoms with E-state index in [-0.39, 0.29) is 6.61 Å². The maximum atomic E-state index is 12.9. The van der Waals surface area contributed by atoms with E-state index in [1.54, 1.807) is 4.98 Å². The highest BCUT2D eigenvalue weighted by molar-refractivity contribution is 5.72. The molecule has 0 saturated carbocycles. The Morgan fingerprint density at radius 3 is 2.94 bits per heavy atom. The number of H-pyrrole nitrogens is 1. The van der Waals surface area contributed by atoms with Crippen LogP contribution in [0.1, 0.15) is 6.23 Å². The second kappa shape index (κ2) is 5.21. The van der Waals surface area contributed by atoms with Crippen LogP contribution in [0.3, 0.4) is 0 Å². The molecular weight excluding hydrogens is 235 g/mol. The lowest BCUT2D eigenvalue weighted by Gasteiger charge is -2.11. The van der Waals surface area contributed by atoms with Gasteiger partial charge < -0.3 is 9.84 Å². The zero-order valence-electron chi connectivity index (χ0n) is 8.55. The summed E-state index contributed by atoms with van der Waals surface area (Å²) in [6.45, 7) is 3.10. The van der Waals surface area contributed by atoms with Gasteiger partial charge in [0.1, 0.15) is 6.61 Å². The molecule has 92 valence electrons. The molecule has 1 heterocycles. The van der Waals surface area contributed by atoms with Crippen molar-refractivity contribution in [2.45, 2.75) is 6.23 Å². The van der Waals surface area contributed by atoms with Gasteiger partial charge in [-0.3, -0.25) is 14.3 Å². The third kappa shape index (κ3) is 2.88. The summed E-state index contributed by atoms with van der Waals surface area (Å²) in [6.07, 6.45) is -0.365. The van der Waals surface area contributed by atoms with E-state index in [4.69, 9.17) is 0 Å². The van der Waals surface area contributed by atoms with Gasteiger partial charge in [0.05, 0.1) is 6.20 Å². The molecule has 1 rings (SSSR count). The van der Waals surface area contributed by atoms with Crippen LogP contribution in [0.2, 0.25) is 0 Å². The summed E-state index contributed by atoms with van der Waals surface area (Å²) in [5, 5.41) is 9.38. The molecule has 1 aromatic rings. The average Bonchev–Trinajstić information content (AvgIpc) is 2.29. The number of carbonyl (C=O) groups excluding carboxylic acids is 1. The minimum Gasteiger partial charge on any atom is -0.458 e. The van der Waals surface area contributed by atoms with Crippen molar-refractivity contribution in [3.05, 3.63) is 45.5 Å². The summed E-state index contributed by atoms with van der Waals surface area (Å²) in [4.78, 5) is 34.6. The van der Waals surface area contributed by atoms with Crippen molar-refractivity contribution in [1.82, 2.24) is 9.55 Å². The van der Waals surface area contributed by atoms with Crippen LogP contribution < -0.4 is 11.2 Å². The molecule has 8 heteroatoms. The molecule has 0 spiro atoms. The average molecular weight is 244 g/mol. The fourth-order valence-corrected chi connectivity index (χ4v) is 0.972. The number of hydrogen-bond donors (Lipinski definition) is 2. The monoisotopic (exact) mass is 244 g/mol. The molecule has 1 unspecified atom stereocenters. The minimum atomic E-state index is -2.03. The van der Waals surface area contributed by atoms with Gasteiger partial charge in [0.25, 0.3) is 5.56 Å². The number of ether oxygens (including phenoxy) is 1.